The summed E-state index contributed by atoms with van der Waals surface area (Å²) in [5, 5.41) is 20.6. The van der Waals surface area contributed by atoms with Crippen molar-refractivity contribution in [3.05, 3.63) is 29.8 Å². The van der Waals surface area contributed by atoms with Crippen LogP contribution in [-0.2, 0) is 0 Å². The summed E-state index contributed by atoms with van der Waals surface area (Å²) in [5.41, 5.74) is 0.564. The number of hydrogen-bond acceptors (Lipinski definition) is 4. The van der Waals surface area contributed by atoms with E-state index >= 15 is 0 Å². The van der Waals surface area contributed by atoms with Crippen LogP contribution in [0.4, 0.5) is 0 Å². The zero-order valence-electron chi connectivity index (χ0n) is 7.77. The van der Waals surface area contributed by atoms with Crippen LogP contribution in [0, 0.1) is 0 Å². The van der Waals surface area contributed by atoms with Crippen LogP contribution >= 0.6 is 0 Å². The molecule has 0 aliphatic rings. The predicted molar refractivity (Wildman–Crippen MR) is 51.9 cm³/mol. The van der Waals surface area contributed by atoms with Crippen molar-refractivity contribution < 1.29 is 15.1 Å². The molecule has 0 aromatic heterocycles. The molecule has 1 aromatic rings. The fourth-order valence-electron chi connectivity index (χ4n) is 1.07. The SMILES string of the molecule is C/C(CC(=O)c1ccccc1O)=N\O. The lowest BCUT2D eigenvalue weighted by Gasteiger charge is -2.01. The van der Waals surface area contributed by atoms with Gasteiger partial charge in [-0.25, -0.2) is 0 Å². The maximum Gasteiger partial charge on any atom is 0.172 e. The van der Waals surface area contributed by atoms with E-state index in [4.69, 9.17) is 5.21 Å². The number of carbonyl (C=O) groups is 1. The van der Waals surface area contributed by atoms with Crippen LogP contribution in [0.2, 0.25) is 0 Å². The van der Waals surface area contributed by atoms with Crippen molar-refractivity contribution in [1.82, 2.24) is 0 Å². The van der Waals surface area contributed by atoms with Gasteiger partial charge in [0.1, 0.15) is 5.75 Å². The van der Waals surface area contributed by atoms with Gasteiger partial charge in [0.2, 0.25) is 0 Å². The van der Waals surface area contributed by atoms with Gasteiger partial charge in [-0.1, -0.05) is 17.3 Å². The van der Waals surface area contributed by atoms with E-state index in [-0.39, 0.29) is 23.5 Å². The summed E-state index contributed by atoms with van der Waals surface area (Å²) in [6.45, 7) is 1.54. The van der Waals surface area contributed by atoms with Gasteiger partial charge in [-0.2, -0.15) is 0 Å². The molecule has 0 unspecified atom stereocenters. The van der Waals surface area contributed by atoms with Crippen molar-refractivity contribution in [2.75, 3.05) is 0 Å². The number of oxime groups is 1. The van der Waals surface area contributed by atoms with Crippen LogP contribution in [0.1, 0.15) is 23.7 Å². The van der Waals surface area contributed by atoms with Gasteiger partial charge < -0.3 is 10.3 Å². The summed E-state index contributed by atoms with van der Waals surface area (Å²) in [5.74, 6) is -0.318. The largest absolute Gasteiger partial charge is 0.507 e. The second-order valence-electron chi connectivity index (χ2n) is 2.95. The molecule has 4 heteroatoms. The topological polar surface area (TPSA) is 69.9 Å². The van der Waals surface area contributed by atoms with E-state index in [1.165, 1.54) is 19.1 Å². The second kappa shape index (κ2) is 4.41. The first-order valence-corrected chi connectivity index (χ1v) is 4.14. The standard InChI is InChI=1S/C10H11NO3/c1-7(11-14)6-10(13)8-4-2-3-5-9(8)12/h2-5,12,14H,6H2,1H3/b11-7+. The average molecular weight is 193 g/mol. The number of para-hydroxylation sites is 1. The lowest BCUT2D eigenvalue weighted by atomic mass is 10.1. The second-order valence-corrected chi connectivity index (χ2v) is 2.95. The van der Waals surface area contributed by atoms with Crippen LogP contribution in [0.5, 0.6) is 5.75 Å². The number of ketones is 1. The molecule has 2 N–H and O–H groups in total. The molecule has 4 nitrogen and oxygen atoms in total. The van der Waals surface area contributed by atoms with Gasteiger partial charge >= 0.3 is 0 Å². The van der Waals surface area contributed by atoms with Crippen LogP contribution in [0.3, 0.4) is 0 Å². The van der Waals surface area contributed by atoms with Gasteiger partial charge in [0.25, 0.3) is 0 Å². The maximum absolute atomic E-state index is 11.5. The number of carbonyl (C=O) groups excluding carboxylic acids is 1. The highest BCUT2D eigenvalue weighted by Crippen LogP contribution is 2.17. The Hall–Kier alpha value is -1.84. The molecule has 0 amide bonds. The summed E-state index contributed by atoms with van der Waals surface area (Å²) in [6.07, 6.45) is 0.00801. The Morgan fingerprint density at radius 3 is 2.64 bits per heavy atom. The number of hydrogen-bond donors (Lipinski definition) is 2. The van der Waals surface area contributed by atoms with Crippen molar-refractivity contribution in [1.29, 1.82) is 0 Å². The van der Waals surface area contributed by atoms with Crippen molar-refractivity contribution >= 4 is 11.5 Å². The third-order valence-corrected chi connectivity index (χ3v) is 1.79. The monoisotopic (exact) mass is 193 g/mol. The number of phenolic OH excluding ortho intramolecular Hbond substituents is 1. The number of rotatable bonds is 3. The highest BCUT2D eigenvalue weighted by Gasteiger charge is 2.11. The van der Waals surface area contributed by atoms with Crippen molar-refractivity contribution in [3.8, 4) is 5.75 Å². The molecular formula is C10H11NO3. The van der Waals surface area contributed by atoms with E-state index in [1.54, 1.807) is 12.1 Å². The van der Waals surface area contributed by atoms with Gasteiger partial charge in [-0.05, 0) is 19.1 Å². The zero-order valence-corrected chi connectivity index (χ0v) is 7.77. The first kappa shape index (κ1) is 10.2. The molecular weight excluding hydrogens is 182 g/mol. The summed E-state index contributed by atoms with van der Waals surface area (Å²) >= 11 is 0. The summed E-state index contributed by atoms with van der Waals surface area (Å²) in [7, 11) is 0. The van der Waals surface area contributed by atoms with Crippen LogP contribution < -0.4 is 0 Å². The molecule has 0 fully saturated rings. The Labute approximate surface area is 81.5 Å². The van der Waals surface area contributed by atoms with Crippen LogP contribution in [0.25, 0.3) is 0 Å². The van der Waals surface area contributed by atoms with E-state index < -0.39 is 0 Å². The van der Waals surface area contributed by atoms with E-state index in [0.29, 0.717) is 5.71 Å². The smallest absolute Gasteiger partial charge is 0.172 e. The molecule has 1 aromatic carbocycles. The van der Waals surface area contributed by atoms with Crippen molar-refractivity contribution in [2.45, 2.75) is 13.3 Å². The molecule has 0 heterocycles. The van der Waals surface area contributed by atoms with E-state index in [0.717, 1.165) is 0 Å². The molecule has 0 saturated heterocycles. The molecule has 14 heavy (non-hydrogen) atoms. The minimum absolute atomic E-state index is 0.00801. The molecule has 0 aliphatic heterocycles. The first-order chi connectivity index (χ1) is 6.65. The Balaban J connectivity index is 2.85. The lowest BCUT2D eigenvalue weighted by molar-refractivity contribution is 0.0997. The quantitative estimate of drug-likeness (QED) is 0.333. The van der Waals surface area contributed by atoms with Gasteiger partial charge in [0.05, 0.1) is 17.7 Å². The summed E-state index contributed by atoms with van der Waals surface area (Å²) in [6, 6.07) is 6.28. The van der Waals surface area contributed by atoms with Gasteiger partial charge in [0, 0.05) is 0 Å². The Morgan fingerprint density at radius 2 is 2.07 bits per heavy atom. The normalized spacial score (nSPS) is 11.4. The molecule has 74 valence electrons. The van der Waals surface area contributed by atoms with E-state index in [9.17, 15) is 9.90 Å². The highest BCUT2D eigenvalue weighted by molar-refractivity contribution is 6.10. The number of aromatic hydroxyl groups is 1. The molecule has 0 spiro atoms. The number of nitrogens with zero attached hydrogens (tertiary/aromatic N) is 1. The maximum atomic E-state index is 11.5. The van der Waals surface area contributed by atoms with Gasteiger partial charge in [-0.15, -0.1) is 0 Å². The number of phenols is 1. The van der Waals surface area contributed by atoms with Crippen molar-refractivity contribution in [2.24, 2.45) is 5.16 Å². The summed E-state index contributed by atoms with van der Waals surface area (Å²) in [4.78, 5) is 11.5. The zero-order chi connectivity index (χ0) is 10.6. The van der Waals surface area contributed by atoms with E-state index in [1.807, 2.05) is 0 Å². The van der Waals surface area contributed by atoms with Crippen LogP contribution in [-0.4, -0.2) is 21.8 Å². The first-order valence-electron chi connectivity index (χ1n) is 4.14. The minimum Gasteiger partial charge on any atom is -0.507 e. The van der Waals surface area contributed by atoms with E-state index in [2.05, 4.69) is 5.16 Å². The fourth-order valence-corrected chi connectivity index (χ4v) is 1.07. The molecule has 0 radical (unpaired) electrons. The Bertz CT molecular complexity index is 371. The lowest BCUT2D eigenvalue weighted by Crippen LogP contribution is -2.05. The fraction of sp³-hybridized carbons (Fsp3) is 0.200. The number of benzene rings is 1. The van der Waals surface area contributed by atoms with Crippen molar-refractivity contribution in [3.63, 3.8) is 0 Å². The molecule has 1 rings (SSSR count). The minimum atomic E-state index is -0.265. The third-order valence-electron chi connectivity index (χ3n) is 1.79. The molecule has 0 bridgehead atoms. The molecule has 0 saturated carbocycles. The summed E-state index contributed by atoms with van der Waals surface area (Å²) < 4.78 is 0. The predicted octanol–water partition coefficient (Wildman–Crippen LogP) is 1.82. The van der Waals surface area contributed by atoms with Gasteiger partial charge in [-0.3, -0.25) is 4.79 Å². The highest BCUT2D eigenvalue weighted by atomic mass is 16.4. The Morgan fingerprint density at radius 1 is 1.43 bits per heavy atom. The molecule has 0 atom stereocenters. The number of Topliss-reactive ketones (excluding diaryl/α,β-unsaturated/α-hetero) is 1. The third kappa shape index (κ3) is 2.32. The Kier molecular flexibility index (Phi) is 3.23. The van der Waals surface area contributed by atoms with Crippen LogP contribution in [0.15, 0.2) is 29.4 Å². The molecule has 0 aliphatic carbocycles. The average Bonchev–Trinajstić information content (AvgIpc) is 2.18. The van der Waals surface area contributed by atoms with Gasteiger partial charge in [0.15, 0.2) is 5.78 Å².